The van der Waals surface area contributed by atoms with Crippen molar-refractivity contribution in [3.8, 4) is 0 Å². The third kappa shape index (κ3) is 6.71. The van der Waals surface area contributed by atoms with Gasteiger partial charge >= 0.3 is 0 Å². The van der Waals surface area contributed by atoms with Crippen LogP contribution in [0.4, 0.5) is 8.78 Å². The van der Waals surface area contributed by atoms with Gasteiger partial charge in [0.15, 0.2) is 17.4 Å². The van der Waals surface area contributed by atoms with Crippen molar-refractivity contribution in [3.05, 3.63) is 70.8 Å². The van der Waals surface area contributed by atoms with E-state index in [0.717, 1.165) is 5.56 Å². The lowest BCUT2D eigenvalue weighted by atomic mass is 9.96. The number of amides is 1. The van der Waals surface area contributed by atoms with Crippen molar-refractivity contribution in [1.29, 1.82) is 0 Å². The molecule has 0 heterocycles. The van der Waals surface area contributed by atoms with Crippen molar-refractivity contribution in [2.45, 2.75) is 51.1 Å². The second-order valence-electron chi connectivity index (χ2n) is 7.44. The van der Waals surface area contributed by atoms with Gasteiger partial charge in [0.25, 0.3) is 0 Å². The van der Waals surface area contributed by atoms with E-state index in [1.165, 1.54) is 19.1 Å². The molecule has 2 aromatic rings. The van der Waals surface area contributed by atoms with Gasteiger partial charge < -0.3 is 16.8 Å². The van der Waals surface area contributed by atoms with Crippen molar-refractivity contribution in [3.63, 3.8) is 0 Å². The summed E-state index contributed by atoms with van der Waals surface area (Å²) < 4.78 is 28.1. The highest BCUT2D eigenvalue weighted by Gasteiger charge is 2.25. The largest absolute Gasteiger partial charge is 0.345 e. The van der Waals surface area contributed by atoms with Gasteiger partial charge in [-0.25, -0.2) is 8.78 Å². The molecule has 0 bridgehead atoms. The first-order valence-electron chi connectivity index (χ1n) is 10.1. The van der Waals surface area contributed by atoms with Gasteiger partial charge in [-0.15, -0.1) is 0 Å². The smallest absolute Gasteiger partial charge is 0.237 e. The summed E-state index contributed by atoms with van der Waals surface area (Å²) >= 11 is 0. The first kappa shape index (κ1) is 23.6. The fourth-order valence-electron chi connectivity index (χ4n) is 3.15. The summed E-state index contributed by atoms with van der Waals surface area (Å²) in [5.41, 5.74) is 12.5. The van der Waals surface area contributed by atoms with Crippen molar-refractivity contribution < 1.29 is 18.4 Å². The molecule has 7 heteroatoms. The van der Waals surface area contributed by atoms with Crippen LogP contribution in [0.15, 0.2) is 42.5 Å². The van der Waals surface area contributed by atoms with Crippen LogP contribution in [0.5, 0.6) is 0 Å². The number of benzene rings is 2. The summed E-state index contributed by atoms with van der Waals surface area (Å²) in [4.78, 5) is 25.3. The molecule has 0 aliphatic rings. The minimum absolute atomic E-state index is 0.0329. The van der Waals surface area contributed by atoms with E-state index in [1.54, 1.807) is 0 Å². The number of halogens is 2. The third-order valence-corrected chi connectivity index (χ3v) is 5.05. The van der Waals surface area contributed by atoms with E-state index < -0.39 is 35.4 Å². The Balaban J connectivity index is 2.13. The van der Waals surface area contributed by atoms with Crippen LogP contribution in [0.25, 0.3) is 0 Å². The van der Waals surface area contributed by atoms with Crippen LogP contribution in [-0.2, 0) is 22.4 Å². The maximum atomic E-state index is 14.2. The van der Waals surface area contributed by atoms with Crippen LogP contribution in [0, 0.1) is 18.6 Å². The molecule has 2 atom stereocenters. The maximum absolute atomic E-state index is 14.2. The van der Waals surface area contributed by atoms with Gasteiger partial charge in [0, 0.05) is 6.42 Å². The molecule has 1 amide bonds. The van der Waals surface area contributed by atoms with Crippen LogP contribution >= 0.6 is 0 Å². The van der Waals surface area contributed by atoms with Crippen molar-refractivity contribution in [2.75, 3.05) is 6.54 Å². The van der Waals surface area contributed by atoms with Gasteiger partial charge in [-0.05, 0) is 55.8 Å². The number of nitrogens with two attached hydrogens (primary N) is 2. The number of hydrogen-bond donors (Lipinski definition) is 3. The van der Waals surface area contributed by atoms with Gasteiger partial charge in [-0.1, -0.05) is 42.5 Å². The number of Topliss-reactive ketones (excluding diaryl/α,β-unsaturated/α-hetero) is 1. The molecule has 0 aliphatic heterocycles. The molecule has 162 valence electrons. The van der Waals surface area contributed by atoms with Crippen LogP contribution in [0.1, 0.15) is 36.0 Å². The Morgan fingerprint density at radius 3 is 2.40 bits per heavy atom. The second-order valence-corrected chi connectivity index (χ2v) is 7.44. The second kappa shape index (κ2) is 11.5. The summed E-state index contributed by atoms with van der Waals surface area (Å²) in [6, 6.07) is 10.7. The van der Waals surface area contributed by atoms with E-state index in [9.17, 15) is 18.4 Å². The van der Waals surface area contributed by atoms with Crippen LogP contribution in [-0.4, -0.2) is 30.3 Å². The lowest BCUT2D eigenvalue weighted by Gasteiger charge is -2.21. The number of hydrogen-bond acceptors (Lipinski definition) is 4. The number of carbonyl (C=O) groups excluding carboxylic acids is 2. The summed E-state index contributed by atoms with van der Waals surface area (Å²) in [5, 5.41) is 2.69. The highest BCUT2D eigenvalue weighted by atomic mass is 19.2. The lowest BCUT2D eigenvalue weighted by molar-refractivity contribution is -0.128. The van der Waals surface area contributed by atoms with Gasteiger partial charge in [-0.3, -0.25) is 9.59 Å². The molecule has 0 saturated carbocycles. The maximum Gasteiger partial charge on any atom is 0.237 e. The summed E-state index contributed by atoms with van der Waals surface area (Å²) in [5.74, 6) is -2.84. The van der Waals surface area contributed by atoms with Crippen molar-refractivity contribution in [1.82, 2.24) is 5.32 Å². The van der Waals surface area contributed by atoms with Crippen molar-refractivity contribution >= 4 is 11.7 Å². The zero-order chi connectivity index (χ0) is 22.1. The monoisotopic (exact) mass is 417 g/mol. The van der Waals surface area contributed by atoms with Gasteiger partial charge in [0.2, 0.25) is 5.91 Å². The molecule has 0 radical (unpaired) electrons. The standard InChI is InChI=1S/C23H29F2N3O2/c1-15-9-11-17(22(25)21(15)24)14-20(29)19(12-10-16-6-3-2-4-7-16)28-23(30)18(27)8-5-13-26/h2-4,6-7,9,11,18-19H,5,8,10,12-14,26-27H2,1H3,(H,28,30)/t18-,19+/m0/s1. The Bertz CT molecular complexity index is 859. The molecular weight excluding hydrogens is 388 g/mol. The molecule has 0 aromatic heterocycles. The van der Waals surface area contributed by atoms with Gasteiger partial charge in [-0.2, -0.15) is 0 Å². The zero-order valence-electron chi connectivity index (χ0n) is 17.2. The highest BCUT2D eigenvalue weighted by molar-refractivity contribution is 5.91. The molecule has 2 rings (SSSR count). The number of ketones is 1. The van der Waals surface area contributed by atoms with E-state index in [0.29, 0.717) is 32.2 Å². The minimum Gasteiger partial charge on any atom is -0.345 e. The third-order valence-electron chi connectivity index (χ3n) is 5.05. The fourth-order valence-corrected chi connectivity index (χ4v) is 3.15. The Morgan fingerprint density at radius 2 is 1.73 bits per heavy atom. The first-order chi connectivity index (χ1) is 14.3. The van der Waals surface area contributed by atoms with Gasteiger partial charge in [0.1, 0.15) is 0 Å². The zero-order valence-corrected chi connectivity index (χ0v) is 17.2. The predicted molar refractivity (Wildman–Crippen MR) is 113 cm³/mol. The van der Waals surface area contributed by atoms with Crippen LogP contribution in [0.3, 0.4) is 0 Å². The minimum atomic E-state index is -1.03. The van der Waals surface area contributed by atoms with Crippen LogP contribution < -0.4 is 16.8 Å². The molecule has 0 aliphatic carbocycles. The summed E-state index contributed by atoms with van der Waals surface area (Å²) in [6.07, 6.45) is 1.54. The first-order valence-corrected chi connectivity index (χ1v) is 10.1. The van der Waals surface area contributed by atoms with Crippen molar-refractivity contribution in [2.24, 2.45) is 11.5 Å². The highest BCUT2D eigenvalue weighted by Crippen LogP contribution is 2.17. The number of carbonyl (C=O) groups is 2. The number of aryl methyl sites for hydroxylation is 2. The molecule has 0 spiro atoms. The number of rotatable bonds is 11. The predicted octanol–water partition coefficient (Wildman–Crippen LogP) is 2.57. The number of nitrogens with one attached hydrogen (secondary N) is 1. The lowest BCUT2D eigenvalue weighted by Crippen LogP contribution is -2.49. The van der Waals surface area contributed by atoms with Gasteiger partial charge in [0.05, 0.1) is 12.1 Å². The summed E-state index contributed by atoms with van der Waals surface area (Å²) in [7, 11) is 0. The molecular formula is C23H29F2N3O2. The van der Waals surface area contributed by atoms with Crippen LogP contribution in [0.2, 0.25) is 0 Å². The Labute approximate surface area is 175 Å². The Hall–Kier alpha value is -2.64. The fraction of sp³-hybridized carbons (Fsp3) is 0.391. The van der Waals surface area contributed by atoms with E-state index in [-0.39, 0.29) is 17.5 Å². The molecule has 2 aromatic carbocycles. The van der Waals surface area contributed by atoms with E-state index in [1.807, 2.05) is 30.3 Å². The molecule has 5 nitrogen and oxygen atoms in total. The average molecular weight is 418 g/mol. The molecule has 5 N–H and O–H groups in total. The Morgan fingerprint density at radius 1 is 1.03 bits per heavy atom. The molecule has 0 unspecified atom stereocenters. The SMILES string of the molecule is Cc1ccc(CC(=O)[C@@H](CCc2ccccc2)NC(=O)[C@@H](N)CCCN)c(F)c1F. The Kier molecular flexibility index (Phi) is 9.08. The van der Waals surface area contributed by atoms with E-state index in [4.69, 9.17) is 11.5 Å². The summed E-state index contributed by atoms with van der Waals surface area (Å²) in [6.45, 7) is 1.87. The normalized spacial score (nSPS) is 13.0. The molecule has 0 fully saturated rings. The quantitative estimate of drug-likeness (QED) is 0.523. The molecule has 0 saturated heterocycles. The average Bonchev–Trinajstić information content (AvgIpc) is 2.75. The van der Waals surface area contributed by atoms with E-state index in [2.05, 4.69) is 5.32 Å². The van der Waals surface area contributed by atoms with E-state index >= 15 is 0 Å². The topological polar surface area (TPSA) is 98.2 Å². The molecule has 30 heavy (non-hydrogen) atoms.